The first kappa shape index (κ1) is 12.5. The summed E-state index contributed by atoms with van der Waals surface area (Å²) in [5.41, 5.74) is 2.56. The zero-order valence-corrected chi connectivity index (χ0v) is 9.63. The van der Waals surface area contributed by atoms with E-state index in [0.29, 0.717) is 0 Å². The maximum Gasteiger partial charge on any atom is 0.0615 e. The molecule has 1 rings (SSSR count). The predicted molar refractivity (Wildman–Crippen MR) is 70.2 cm³/mol. The summed E-state index contributed by atoms with van der Waals surface area (Å²) in [7, 11) is 0. The van der Waals surface area contributed by atoms with Crippen molar-refractivity contribution in [2.45, 2.75) is 13.3 Å². The molecule has 0 saturated heterocycles. The normalized spacial score (nSPS) is 12.1. The van der Waals surface area contributed by atoms with Gasteiger partial charge in [0.1, 0.15) is 0 Å². The number of hydrogen-bond donors (Lipinski definition) is 1. The van der Waals surface area contributed by atoms with Crippen LogP contribution in [-0.4, -0.2) is 11.7 Å². The first-order chi connectivity index (χ1) is 7.86. The summed E-state index contributed by atoms with van der Waals surface area (Å²) in [5, 5.41) is 8.51. The van der Waals surface area contributed by atoms with Gasteiger partial charge < -0.3 is 5.11 Å². The fourth-order valence-electron chi connectivity index (χ4n) is 1.30. The number of aryl methyl sites for hydroxylation is 1. The van der Waals surface area contributed by atoms with Crippen LogP contribution in [0.5, 0.6) is 0 Å². The minimum absolute atomic E-state index is 0.0898. The Kier molecular flexibility index (Phi) is 5.97. The van der Waals surface area contributed by atoms with Crippen molar-refractivity contribution in [1.29, 1.82) is 0 Å². The summed E-state index contributed by atoms with van der Waals surface area (Å²) >= 11 is 0. The Morgan fingerprint density at radius 1 is 1.00 bits per heavy atom. The maximum atomic E-state index is 8.51. The van der Waals surface area contributed by atoms with Crippen molar-refractivity contribution in [2.75, 3.05) is 6.61 Å². The van der Waals surface area contributed by atoms with Gasteiger partial charge in [-0.1, -0.05) is 67.6 Å². The molecule has 1 N–H and O–H groups in total. The predicted octanol–water partition coefficient (Wildman–Crippen LogP) is 3.37. The van der Waals surface area contributed by atoms with E-state index in [1.165, 1.54) is 11.1 Å². The molecule has 0 aliphatic carbocycles. The highest BCUT2D eigenvalue weighted by molar-refractivity contribution is 5.51. The van der Waals surface area contributed by atoms with Crippen LogP contribution in [0.4, 0.5) is 0 Å². The number of benzene rings is 1. The van der Waals surface area contributed by atoms with Crippen molar-refractivity contribution >= 4 is 6.08 Å². The quantitative estimate of drug-likeness (QED) is 0.745. The molecule has 1 heteroatoms. The molecule has 1 aromatic rings. The molecular weight excluding hydrogens is 196 g/mol. The zero-order chi connectivity index (χ0) is 11.6. The van der Waals surface area contributed by atoms with Gasteiger partial charge in [-0.2, -0.15) is 0 Å². The van der Waals surface area contributed by atoms with Crippen molar-refractivity contribution in [3.63, 3.8) is 0 Å². The first-order valence-corrected chi connectivity index (χ1v) is 5.56. The van der Waals surface area contributed by atoms with Crippen LogP contribution in [-0.2, 0) is 6.42 Å². The molecule has 0 aliphatic heterocycles. The molecule has 0 heterocycles. The molecule has 84 valence electrons. The van der Waals surface area contributed by atoms with Crippen molar-refractivity contribution in [3.05, 3.63) is 65.8 Å². The van der Waals surface area contributed by atoms with Gasteiger partial charge in [0.05, 0.1) is 6.61 Å². The van der Waals surface area contributed by atoms with Gasteiger partial charge in [0.2, 0.25) is 0 Å². The SMILES string of the molecule is CCc1ccc(C=C/C=C/C=C/CO)cc1. The lowest BCUT2D eigenvalue weighted by molar-refractivity contribution is 0.343. The fraction of sp³-hybridized carbons (Fsp3) is 0.200. The second kappa shape index (κ2) is 7.66. The molecule has 0 aromatic heterocycles. The Morgan fingerprint density at radius 3 is 2.31 bits per heavy atom. The Morgan fingerprint density at radius 2 is 1.69 bits per heavy atom. The van der Waals surface area contributed by atoms with E-state index < -0.39 is 0 Å². The number of aliphatic hydroxyl groups excluding tert-OH is 1. The smallest absolute Gasteiger partial charge is 0.0615 e. The van der Waals surface area contributed by atoms with Gasteiger partial charge in [-0.15, -0.1) is 0 Å². The molecule has 0 radical (unpaired) electrons. The van der Waals surface area contributed by atoms with Crippen LogP contribution < -0.4 is 0 Å². The van der Waals surface area contributed by atoms with Crippen LogP contribution in [0.3, 0.4) is 0 Å². The van der Waals surface area contributed by atoms with E-state index in [9.17, 15) is 0 Å². The molecular formula is C15H18O. The zero-order valence-electron chi connectivity index (χ0n) is 9.63. The molecule has 0 fully saturated rings. The average Bonchev–Trinajstić information content (AvgIpc) is 2.34. The molecule has 0 atom stereocenters. The molecule has 0 amide bonds. The Balaban J connectivity index is 2.49. The van der Waals surface area contributed by atoms with Gasteiger partial charge in [0.25, 0.3) is 0 Å². The van der Waals surface area contributed by atoms with E-state index in [1.54, 1.807) is 6.08 Å². The second-order valence-electron chi connectivity index (χ2n) is 3.45. The second-order valence-corrected chi connectivity index (χ2v) is 3.45. The fourth-order valence-corrected chi connectivity index (χ4v) is 1.30. The minimum atomic E-state index is 0.0898. The number of allylic oxidation sites excluding steroid dienone is 4. The summed E-state index contributed by atoms with van der Waals surface area (Å²) in [5.74, 6) is 0. The Bertz CT molecular complexity index is 369. The van der Waals surface area contributed by atoms with Crippen LogP contribution >= 0.6 is 0 Å². The first-order valence-electron chi connectivity index (χ1n) is 5.56. The summed E-state index contributed by atoms with van der Waals surface area (Å²) in [6.45, 7) is 2.24. The third-order valence-corrected chi connectivity index (χ3v) is 2.25. The van der Waals surface area contributed by atoms with Gasteiger partial charge in [-0.25, -0.2) is 0 Å². The molecule has 1 nitrogen and oxygen atoms in total. The highest BCUT2D eigenvalue weighted by atomic mass is 16.2. The topological polar surface area (TPSA) is 20.2 Å². The molecule has 0 aliphatic rings. The van der Waals surface area contributed by atoms with E-state index >= 15 is 0 Å². The molecule has 16 heavy (non-hydrogen) atoms. The van der Waals surface area contributed by atoms with Gasteiger partial charge in [-0.05, 0) is 17.5 Å². The summed E-state index contributed by atoms with van der Waals surface area (Å²) in [6, 6.07) is 8.53. The van der Waals surface area contributed by atoms with E-state index in [2.05, 4.69) is 37.3 Å². The van der Waals surface area contributed by atoms with E-state index in [0.717, 1.165) is 6.42 Å². The van der Waals surface area contributed by atoms with Crippen LogP contribution in [0.2, 0.25) is 0 Å². The summed E-state index contributed by atoms with van der Waals surface area (Å²) in [4.78, 5) is 0. The van der Waals surface area contributed by atoms with E-state index in [4.69, 9.17) is 5.11 Å². The third-order valence-electron chi connectivity index (χ3n) is 2.25. The van der Waals surface area contributed by atoms with E-state index in [-0.39, 0.29) is 6.61 Å². The molecule has 0 bridgehead atoms. The van der Waals surface area contributed by atoms with Crippen LogP contribution in [0.1, 0.15) is 18.1 Å². The third kappa shape index (κ3) is 4.76. The van der Waals surface area contributed by atoms with Crippen molar-refractivity contribution in [2.24, 2.45) is 0 Å². The van der Waals surface area contributed by atoms with E-state index in [1.807, 2.05) is 24.3 Å². The van der Waals surface area contributed by atoms with Crippen LogP contribution in [0.25, 0.3) is 6.08 Å². The van der Waals surface area contributed by atoms with Gasteiger partial charge >= 0.3 is 0 Å². The number of hydrogen-bond acceptors (Lipinski definition) is 1. The van der Waals surface area contributed by atoms with Crippen molar-refractivity contribution < 1.29 is 5.11 Å². The molecule has 1 aromatic carbocycles. The largest absolute Gasteiger partial charge is 0.392 e. The van der Waals surface area contributed by atoms with Crippen LogP contribution in [0, 0.1) is 0 Å². The molecule has 0 saturated carbocycles. The monoisotopic (exact) mass is 214 g/mol. The Labute approximate surface area is 97.4 Å². The van der Waals surface area contributed by atoms with Crippen molar-refractivity contribution in [1.82, 2.24) is 0 Å². The number of rotatable bonds is 5. The number of aliphatic hydroxyl groups is 1. The van der Waals surface area contributed by atoms with Gasteiger partial charge in [0, 0.05) is 0 Å². The average molecular weight is 214 g/mol. The van der Waals surface area contributed by atoms with Crippen LogP contribution in [0.15, 0.2) is 54.6 Å². The lowest BCUT2D eigenvalue weighted by Crippen LogP contribution is -1.78. The maximum absolute atomic E-state index is 8.51. The van der Waals surface area contributed by atoms with Gasteiger partial charge in [0.15, 0.2) is 0 Å². The van der Waals surface area contributed by atoms with Crippen molar-refractivity contribution in [3.8, 4) is 0 Å². The standard InChI is InChI=1S/C15H18O/c1-2-14-9-11-15(12-10-14)8-6-4-3-5-7-13-16/h3-12,16H,2,13H2,1H3/b4-3+,7-5+,8-6?. The lowest BCUT2D eigenvalue weighted by atomic mass is 10.1. The van der Waals surface area contributed by atoms with Gasteiger partial charge in [-0.3, -0.25) is 0 Å². The minimum Gasteiger partial charge on any atom is -0.392 e. The summed E-state index contributed by atoms with van der Waals surface area (Å²) < 4.78 is 0. The lowest BCUT2D eigenvalue weighted by Gasteiger charge is -1.96. The Hall–Kier alpha value is -1.60. The molecule has 0 unspecified atom stereocenters. The highest BCUT2D eigenvalue weighted by Crippen LogP contribution is 2.06. The summed E-state index contributed by atoms with van der Waals surface area (Å²) in [6.07, 6.45) is 12.5. The highest BCUT2D eigenvalue weighted by Gasteiger charge is 1.87. The molecule has 0 spiro atoms.